The molecule has 0 bridgehead atoms. The van der Waals surface area contributed by atoms with Gasteiger partial charge >= 0.3 is 0 Å². The second-order valence-corrected chi connectivity index (χ2v) is 5.47. The highest BCUT2D eigenvalue weighted by atomic mass is 19.1. The van der Waals surface area contributed by atoms with Gasteiger partial charge in [0.25, 0.3) is 0 Å². The predicted octanol–water partition coefficient (Wildman–Crippen LogP) is 0.729. The number of nitrogens with zero attached hydrogens (tertiary/aromatic N) is 2. The van der Waals surface area contributed by atoms with Crippen LogP contribution in [0.5, 0.6) is 0 Å². The highest BCUT2D eigenvalue weighted by Gasteiger charge is 2.24. The zero-order valence-electron chi connectivity index (χ0n) is 12.4. The summed E-state index contributed by atoms with van der Waals surface area (Å²) < 4.78 is 13.5. The first kappa shape index (κ1) is 15.9. The molecule has 0 aromatic heterocycles. The van der Waals surface area contributed by atoms with E-state index in [0.29, 0.717) is 19.5 Å². The summed E-state index contributed by atoms with van der Waals surface area (Å²) in [6.45, 7) is 4.04. The van der Waals surface area contributed by atoms with E-state index >= 15 is 0 Å². The fourth-order valence-corrected chi connectivity index (χ4v) is 2.59. The van der Waals surface area contributed by atoms with Gasteiger partial charge in [-0.1, -0.05) is 12.1 Å². The molecule has 6 heteroatoms. The summed E-state index contributed by atoms with van der Waals surface area (Å²) in [6, 6.07) is 6.47. The highest BCUT2D eigenvalue weighted by Crippen LogP contribution is 2.13. The van der Waals surface area contributed by atoms with Crippen LogP contribution in [0.1, 0.15) is 6.42 Å². The topological polar surface area (TPSA) is 61.6 Å². The van der Waals surface area contributed by atoms with Crippen LogP contribution in [0.3, 0.4) is 0 Å². The van der Waals surface area contributed by atoms with Gasteiger partial charge < -0.3 is 16.0 Å². The van der Waals surface area contributed by atoms with Gasteiger partial charge in [0, 0.05) is 45.2 Å². The molecule has 2 rings (SSSR count). The lowest BCUT2D eigenvalue weighted by molar-refractivity contribution is -0.116. The minimum atomic E-state index is -0.412. The largest absolute Gasteiger partial charge is 0.329 e. The maximum atomic E-state index is 13.5. The predicted molar refractivity (Wildman–Crippen MR) is 81.6 cm³/mol. The quantitative estimate of drug-likeness (QED) is 0.840. The smallest absolute Gasteiger partial charge is 0.225 e. The van der Waals surface area contributed by atoms with E-state index in [2.05, 4.69) is 22.2 Å². The van der Waals surface area contributed by atoms with Crippen LogP contribution in [0.4, 0.5) is 10.1 Å². The molecule has 21 heavy (non-hydrogen) atoms. The van der Waals surface area contributed by atoms with E-state index in [0.717, 1.165) is 19.6 Å². The number of anilines is 1. The summed E-state index contributed by atoms with van der Waals surface area (Å²) >= 11 is 0. The van der Waals surface area contributed by atoms with Gasteiger partial charge in [0.05, 0.1) is 5.69 Å². The number of benzene rings is 1. The number of carbonyl (C=O) groups excluding carboxylic acids is 1. The van der Waals surface area contributed by atoms with Crippen molar-refractivity contribution in [3.05, 3.63) is 30.1 Å². The van der Waals surface area contributed by atoms with Crippen LogP contribution in [0, 0.1) is 5.82 Å². The molecule has 1 unspecified atom stereocenters. The van der Waals surface area contributed by atoms with Crippen molar-refractivity contribution < 1.29 is 9.18 Å². The molecule has 1 aromatic carbocycles. The summed E-state index contributed by atoms with van der Waals surface area (Å²) in [6.07, 6.45) is 0.342. The zero-order chi connectivity index (χ0) is 15.2. The Bertz CT molecular complexity index is 482. The van der Waals surface area contributed by atoms with E-state index in [-0.39, 0.29) is 17.6 Å². The third-order valence-electron chi connectivity index (χ3n) is 3.85. The second kappa shape index (κ2) is 7.49. The molecular weight excluding hydrogens is 271 g/mol. The summed E-state index contributed by atoms with van der Waals surface area (Å²) in [5, 5.41) is 2.61. The van der Waals surface area contributed by atoms with Crippen LogP contribution in [0.2, 0.25) is 0 Å². The molecule has 1 heterocycles. The SMILES string of the molecule is CN1CCN(CCC(=O)Nc2ccccc2F)C(CN)C1. The lowest BCUT2D eigenvalue weighted by Gasteiger charge is -2.39. The molecule has 0 aliphatic carbocycles. The van der Waals surface area contributed by atoms with Gasteiger partial charge in [0.15, 0.2) is 0 Å². The Labute approximate surface area is 124 Å². The maximum absolute atomic E-state index is 13.5. The third-order valence-corrected chi connectivity index (χ3v) is 3.85. The van der Waals surface area contributed by atoms with Gasteiger partial charge in [-0.15, -0.1) is 0 Å². The van der Waals surface area contributed by atoms with Crippen molar-refractivity contribution in [2.24, 2.45) is 5.73 Å². The van der Waals surface area contributed by atoms with Crippen molar-refractivity contribution in [1.29, 1.82) is 0 Å². The van der Waals surface area contributed by atoms with Crippen LogP contribution in [-0.2, 0) is 4.79 Å². The van der Waals surface area contributed by atoms with Crippen molar-refractivity contribution >= 4 is 11.6 Å². The fraction of sp³-hybridized carbons (Fsp3) is 0.533. The lowest BCUT2D eigenvalue weighted by atomic mass is 10.1. The van der Waals surface area contributed by atoms with Crippen molar-refractivity contribution in [2.75, 3.05) is 45.1 Å². The summed E-state index contributed by atoms with van der Waals surface area (Å²) in [4.78, 5) is 16.4. The number of rotatable bonds is 5. The number of carbonyl (C=O) groups is 1. The number of piperazine rings is 1. The van der Waals surface area contributed by atoms with Crippen LogP contribution < -0.4 is 11.1 Å². The average Bonchev–Trinajstić information content (AvgIpc) is 2.48. The monoisotopic (exact) mass is 294 g/mol. The molecule has 116 valence electrons. The lowest BCUT2D eigenvalue weighted by Crippen LogP contribution is -2.55. The van der Waals surface area contributed by atoms with E-state index in [1.54, 1.807) is 18.2 Å². The Morgan fingerprint density at radius 1 is 1.43 bits per heavy atom. The van der Waals surface area contributed by atoms with Gasteiger partial charge in [-0.25, -0.2) is 4.39 Å². The molecular formula is C15H23FN4O. The first-order valence-electron chi connectivity index (χ1n) is 7.27. The molecule has 1 aromatic rings. The number of amides is 1. The molecule has 0 radical (unpaired) electrons. The van der Waals surface area contributed by atoms with Crippen LogP contribution in [0.15, 0.2) is 24.3 Å². The van der Waals surface area contributed by atoms with Crippen LogP contribution in [0.25, 0.3) is 0 Å². The van der Waals surface area contributed by atoms with E-state index in [4.69, 9.17) is 5.73 Å². The molecule has 1 saturated heterocycles. The molecule has 3 N–H and O–H groups in total. The Hall–Kier alpha value is -1.50. The van der Waals surface area contributed by atoms with Gasteiger partial charge in [-0.2, -0.15) is 0 Å². The van der Waals surface area contributed by atoms with E-state index in [1.165, 1.54) is 6.07 Å². The number of para-hydroxylation sites is 1. The standard InChI is InChI=1S/C15H23FN4O/c1-19-8-9-20(12(10-17)11-19)7-6-15(21)18-14-5-3-2-4-13(14)16/h2-5,12H,6-11,17H2,1H3,(H,18,21). The molecule has 1 fully saturated rings. The molecule has 1 aliphatic rings. The van der Waals surface area contributed by atoms with Crippen molar-refractivity contribution in [3.8, 4) is 0 Å². The highest BCUT2D eigenvalue weighted by molar-refractivity contribution is 5.90. The average molecular weight is 294 g/mol. The third kappa shape index (κ3) is 4.49. The maximum Gasteiger partial charge on any atom is 0.225 e. The number of likely N-dealkylation sites (N-methyl/N-ethyl adjacent to an activating group) is 1. The van der Waals surface area contributed by atoms with E-state index in [9.17, 15) is 9.18 Å². The molecule has 1 atom stereocenters. The normalized spacial score (nSPS) is 20.4. The van der Waals surface area contributed by atoms with Crippen molar-refractivity contribution in [1.82, 2.24) is 9.80 Å². The first-order chi connectivity index (χ1) is 10.1. The summed E-state index contributed by atoms with van der Waals surface area (Å²) in [7, 11) is 2.07. The molecule has 0 saturated carbocycles. The van der Waals surface area contributed by atoms with E-state index in [1.807, 2.05) is 0 Å². The van der Waals surface area contributed by atoms with Gasteiger partial charge in [-0.05, 0) is 19.2 Å². The van der Waals surface area contributed by atoms with Gasteiger partial charge in [0.2, 0.25) is 5.91 Å². The minimum absolute atomic E-state index is 0.171. The summed E-state index contributed by atoms with van der Waals surface area (Å²) in [5.74, 6) is -0.583. The van der Waals surface area contributed by atoms with Crippen LogP contribution >= 0.6 is 0 Å². The minimum Gasteiger partial charge on any atom is -0.329 e. The second-order valence-electron chi connectivity index (χ2n) is 5.47. The van der Waals surface area contributed by atoms with Crippen molar-refractivity contribution in [3.63, 3.8) is 0 Å². The van der Waals surface area contributed by atoms with E-state index < -0.39 is 5.82 Å². The Morgan fingerprint density at radius 3 is 2.90 bits per heavy atom. The Morgan fingerprint density at radius 2 is 2.19 bits per heavy atom. The number of nitrogens with one attached hydrogen (secondary N) is 1. The summed E-state index contributed by atoms with van der Waals surface area (Å²) in [5.41, 5.74) is 6.02. The van der Waals surface area contributed by atoms with Gasteiger partial charge in [-0.3, -0.25) is 9.69 Å². The number of halogens is 1. The Balaban J connectivity index is 1.82. The molecule has 0 spiro atoms. The fourth-order valence-electron chi connectivity index (χ4n) is 2.59. The first-order valence-corrected chi connectivity index (χ1v) is 7.27. The Kier molecular flexibility index (Phi) is 5.67. The molecule has 1 aliphatic heterocycles. The number of hydrogen-bond donors (Lipinski definition) is 2. The van der Waals surface area contributed by atoms with Crippen LogP contribution in [-0.4, -0.2) is 61.5 Å². The van der Waals surface area contributed by atoms with Crippen molar-refractivity contribution in [2.45, 2.75) is 12.5 Å². The molecule has 5 nitrogen and oxygen atoms in total. The zero-order valence-corrected chi connectivity index (χ0v) is 12.4. The molecule has 1 amide bonds. The number of nitrogens with two attached hydrogens (primary N) is 1. The van der Waals surface area contributed by atoms with Gasteiger partial charge in [0.1, 0.15) is 5.82 Å². The number of hydrogen-bond acceptors (Lipinski definition) is 4.